The molecule has 0 aromatic carbocycles. The van der Waals surface area contributed by atoms with Gasteiger partial charge in [0.05, 0.1) is 6.26 Å². The SMILES string of the molecule is CCCCCCCOCc1cc(CNCC(C)C)co1. The molecule has 0 saturated carbocycles. The number of rotatable bonds is 12. The maximum atomic E-state index is 5.64. The van der Waals surface area contributed by atoms with Crippen LogP contribution in [0.4, 0.5) is 0 Å². The number of hydrogen-bond donors (Lipinski definition) is 1. The maximum absolute atomic E-state index is 5.64. The smallest absolute Gasteiger partial charge is 0.129 e. The van der Waals surface area contributed by atoms with Crippen molar-refractivity contribution in [1.82, 2.24) is 5.32 Å². The van der Waals surface area contributed by atoms with E-state index in [1.165, 1.54) is 31.2 Å². The van der Waals surface area contributed by atoms with Crippen molar-refractivity contribution in [2.24, 2.45) is 5.92 Å². The third kappa shape index (κ3) is 8.39. The van der Waals surface area contributed by atoms with E-state index in [-0.39, 0.29) is 0 Å². The van der Waals surface area contributed by atoms with Gasteiger partial charge in [0.15, 0.2) is 0 Å². The Labute approximate surface area is 124 Å². The highest BCUT2D eigenvalue weighted by Gasteiger charge is 2.02. The first-order chi connectivity index (χ1) is 9.72. The van der Waals surface area contributed by atoms with Gasteiger partial charge in [-0.15, -0.1) is 0 Å². The minimum Gasteiger partial charge on any atom is -0.467 e. The highest BCUT2D eigenvalue weighted by Crippen LogP contribution is 2.10. The van der Waals surface area contributed by atoms with Crippen LogP contribution in [0.25, 0.3) is 0 Å². The monoisotopic (exact) mass is 281 g/mol. The van der Waals surface area contributed by atoms with Crippen molar-refractivity contribution in [1.29, 1.82) is 0 Å². The van der Waals surface area contributed by atoms with E-state index in [1.54, 1.807) is 0 Å². The van der Waals surface area contributed by atoms with E-state index in [9.17, 15) is 0 Å². The fraction of sp³-hybridized carbons (Fsp3) is 0.765. The first-order valence-corrected chi connectivity index (χ1v) is 8.07. The Kier molecular flexibility index (Phi) is 9.42. The molecule has 0 spiro atoms. The number of furan rings is 1. The van der Waals surface area contributed by atoms with Crippen LogP contribution in [0.5, 0.6) is 0 Å². The summed E-state index contributed by atoms with van der Waals surface area (Å²) in [5.41, 5.74) is 1.20. The zero-order valence-electron chi connectivity index (χ0n) is 13.4. The van der Waals surface area contributed by atoms with Crippen molar-refractivity contribution in [2.75, 3.05) is 13.2 Å². The van der Waals surface area contributed by atoms with Crippen LogP contribution < -0.4 is 5.32 Å². The third-order valence-electron chi connectivity index (χ3n) is 3.23. The Morgan fingerprint density at radius 3 is 2.75 bits per heavy atom. The van der Waals surface area contributed by atoms with E-state index >= 15 is 0 Å². The summed E-state index contributed by atoms with van der Waals surface area (Å²) >= 11 is 0. The van der Waals surface area contributed by atoms with Crippen molar-refractivity contribution in [2.45, 2.75) is 66.0 Å². The summed E-state index contributed by atoms with van der Waals surface area (Å²) in [5, 5.41) is 3.41. The van der Waals surface area contributed by atoms with Crippen LogP contribution in [0.15, 0.2) is 16.7 Å². The van der Waals surface area contributed by atoms with Crippen molar-refractivity contribution in [3.8, 4) is 0 Å². The lowest BCUT2D eigenvalue weighted by molar-refractivity contribution is 0.102. The molecule has 0 aliphatic rings. The molecule has 1 N–H and O–H groups in total. The summed E-state index contributed by atoms with van der Waals surface area (Å²) in [5.74, 6) is 1.61. The van der Waals surface area contributed by atoms with E-state index in [4.69, 9.17) is 9.15 Å². The molecule has 0 aliphatic heterocycles. The van der Waals surface area contributed by atoms with Gasteiger partial charge in [-0.2, -0.15) is 0 Å². The van der Waals surface area contributed by atoms with Crippen molar-refractivity contribution in [3.05, 3.63) is 23.7 Å². The standard InChI is InChI=1S/C17H31NO2/c1-4-5-6-7-8-9-19-14-17-10-16(13-20-17)12-18-11-15(2)3/h10,13,15,18H,4-9,11-12,14H2,1-3H3. The molecule has 116 valence electrons. The predicted octanol–water partition coefficient (Wildman–Crippen LogP) is 4.51. The summed E-state index contributed by atoms with van der Waals surface area (Å²) in [6.45, 7) is 10.0. The van der Waals surface area contributed by atoms with E-state index in [1.807, 2.05) is 6.26 Å². The van der Waals surface area contributed by atoms with E-state index < -0.39 is 0 Å². The summed E-state index contributed by atoms with van der Waals surface area (Å²) in [6.07, 6.45) is 8.21. The Morgan fingerprint density at radius 1 is 1.20 bits per heavy atom. The van der Waals surface area contributed by atoms with Gasteiger partial charge in [-0.3, -0.25) is 0 Å². The lowest BCUT2D eigenvalue weighted by atomic mass is 10.2. The van der Waals surface area contributed by atoms with Crippen LogP contribution in [-0.4, -0.2) is 13.2 Å². The number of nitrogens with one attached hydrogen (secondary N) is 1. The fourth-order valence-corrected chi connectivity index (χ4v) is 2.08. The summed E-state index contributed by atoms with van der Waals surface area (Å²) in [7, 11) is 0. The topological polar surface area (TPSA) is 34.4 Å². The molecule has 0 aliphatic carbocycles. The predicted molar refractivity (Wildman–Crippen MR) is 83.7 cm³/mol. The Bertz CT molecular complexity index is 333. The van der Waals surface area contributed by atoms with E-state index in [2.05, 4.69) is 32.2 Å². The molecule has 0 fully saturated rings. The molecule has 0 radical (unpaired) electrons. The van der Waals surface area contributed by atoms with Gasteiger partial charge in [-0.25, -0.2) is 0 Å². The zero-order chi connectivity index (χ0) is 14.6. The van der Waals surface area contributed by atoms with Crippen LogP contribution in [0.1, 0.15) is 64.2 Å². The van der Waals surface area contributed by atoms with E-state index in [0.29, 0.717) is 12.5 Å². The third-order valence-corrected chi connectivity index (χ3v) is 3.23. The number of ether oxygens (including phenoxy) is 1. The lowest BCUT2D eigenvalue weighted by Gasteiger charge is -2.04. The molecule has 3 nitrogen and oxygen atoms in total. The van der Waals surface area contributed by atoms with Crippen molar-refractivity contribution in [3.63, 3.8) is 0 Å². The van der Waals surface area contributed by atoms with Gasteiger partial charge in [0, 0.05) is 18.7 Å². The first-order valence-electron chi connectivity index (χ1n) is 8.07. The van der Waals surface area contributed by atoms with Gasteiger partial charge < -0.3 is 14.5 Å². The molecule has 1 aromatic heterocycles. The number of hydrogen-bond acceptors (Lipinski definition) is 3. The quantitative estimate of drug-likeness (QED) is 0.572. The van der Waals surface area contributed by atoms with Crippen LogP contribution in [0.2, 0.25) is 0 Å². The van der Waals surface area contributed by atoms with Gasteiger partial charge in [0.1, 0.15) is 12.4 Å². The Balaban J connectivity index is 2.05. The molecule has 1 heterocycles. The number of unbranched alkanes of at least 4 members (excludes halogenated alkanes) is 4. The second-order valence-corrected chi connectivity index (χ2v) is 5.91. The first kappa shape index (κ1) is 17.3. The van der Waals surface area contributed by atoms with Gasteiger partial charge in [-0.05, 0) is 24.9 Å². The molecule has 0 bridgehead atoms. The Hall–Kier alpha value is -0.800. The average Bonchev–Trinajstić information content (AvgIpc) is 2.85. The average molecular weight is 281 g/mol. The van der Waals surface area contributed by atoms with Gasteiger partial charge >= 0.3 is 0 Å². The Morgan fingerprint density at radius 2 is 2.00 bits per heavy atom. The van der Waals surface area contributed by atoms with Crippen molar-refractivity contribution < 1.29 is 9.15 Å². The highest BCUT2D eigenvalue weighted by molar-refractivity contribution is 5.11. The van der Waals surface area contributed by atoms with Crippen LogP contribution in [0.3, 0.4) is 0 Å². The van der Waals surface area contributed by atoms with Crippen molar-refractivity contribution >= 4 is 0 Å². The molecular formula is C17H31NO2. The minimum atomic E-state index is 0.595. The largest absolute Gasteiger partial charge is 0.467 e. The molecule has 0 unspecified atom stereocenters. The normalized spacial score (nSPS) is 11.4. The van der Waals surface area contributed by atoms with Gasteiger partial charge in [0.2, 0.25) is 0 Å². The molecule has 0 saturated heterocycles. The summed E-state index contributed by atoms with van der Waals surface area (Å²) < 4.78 is 11.1. The van der Waals surface area contributed by atoms with Gasteiger partial charge in [0.25, 0.3) is 0 Å². The molecular weight excluding hydrogens is 250 g/mol. The lowest BCUT2D eigenvalue weighted by Crippen LogP contribution is -2.18. The molecule has 1 rings (SSSR count). The summed E-state index contributed by atoms with van der Waals surface area (Å²) in [6, 6.07) is 2.09. The second kappa shape index (κ2) is 10.9. The molecule has 0 amide bonds. The fourth-order valence-electron chi connectivity index (χ4n) is 2.08. The highest BCUT2D eigenvalue weighted by atomic mass is 16.5. The molecule has 20 heavy (non-hydrogen) atoms. The maximum Gasteiger partial charge on any atom is 0.129 e. The van der Waals surface area contributed by atoms with Crippen LogP contribution in [0, 0.1) is 5.92 Å². The van der Waals surface area contributed by atoms with Crippen LogP contribution >= 0.6 is 0 Å². The zero-order valence-corrected chi connectivity index (χ0v) is 13.4. The molecule has 3 heteroatoms. The second-order valence-electron chi connectivity index (χ2n) is 5.91. The van der Waals surface area contributed by atoms with E-state index in [0.717, 1.165) is 31.9 Å². The van der Waals surface area contributed by atoms with Crippen LogP contribution in [-0.2, 0) is 17.9 Å². The minimum absolute atomic E-state index is 0.595. The summed E-state index contributed by atoms with van der Waals surface area (Å²) in [4.78, 5) is 0. The molecule has 0 atom stereocenters. The van der Waals surface area contributed by atoms with Gasteiger partial charge in [-0.1, -0.05) is 46.5 Å². The molecule has 1 aromatic rings.